The SMILES string of the molecule is O=C(CNCC1CC1)NC1CCCCCC1. The van der Waals surface area contributed by atoms with Crippen molar-refractivity contribution in [1.29, 1.82) is 0 Å². The second kappa shape index (κ2) is 6.24. The molecule has 0 aliphatic heterocycles. The van der Waals surface area contributed by atoms with E-state index in [-0.39, 0.29) is 5.91 Å². The Labute approximate surface area is 98.4 Å². The monoisotopic (exact) mass is 224 g/mol. The molecule has 0 spiro atoms. The van der Waals surface area contributed by atoms with E-state index in [1.165, 1.54) is 51.4 Å². The largest absolute Gasteiger partial charge is 0.352 e. The normalized spacial score (nSPS) is 22.8. The first kappa shape index (κ1) is 11.9. The van der Waals surface area contributed by atoms with Crippen LogP contribution in [0, 0.1) is 5.92 Å². The zero-order valence-corrected chi connectivity index (χ0v) is 10.1. The molecule has 0 aromatic rings. The molecule has 0 bridgehead atoms. The van der Waals surface area contributed by atoms with Gasteiger partial charge in [0.1, 0.15) is 0 Å². The van der Waals surface area contributed by atoms with Crippen LogP contribution in [0.15, 0.2) is 0 Å². The Morgan fingerprint density at radius 1 is 1.00 bits per heavy atom. The molecule has 1 amide bonds. The van der Waals surface area contributed by atoms with Gasteiger partial charge in [0.15, 0.2) is 0 Å². The Balaban J connectivity index is 1.56. The average Bonchev–Trinajstić information content (AvgIpc) is 3.05. The van der Waals surface area contributed by atoms with E-state index in [2.05, 4.69) is 10.6 Å². The van der Waals surface area contributed by atoms with Crippen LogP contribution < -0.4 is 10.6 Å². The fourth-order valence-electron chi connectivity index (χ4n) is 2.41. The lowest BCUT2D eigenvalue weighted by atomic mass is 10.1. The van der Waals surface area contributed by atoms with Gasteiger partial charge in [-0.25, -0.2) is 0 Å². The Hall–Kier alpha value is -0.570. The topological polar surface area (TPSA) is 41.1 Å². The minimum atomic E-state index is 0.188. The lowest BCUT2D eigenvalue weighted by Crippen LogP contribution is -2.40. The van der Waals surface area contributed by atoms with Crippen molar-refractivity contribution in [2.24, 2.45) is 5.92 Å². The number of amides is 1. The van der Waals surface area contributed by atoms with Gasteiger partial charge in [-0.1, -0.05) is 25.7 Å². The van der Waals surface area contributed by atoms with Crippen molar-refractivity contribution in [2.75, 3.05) is 13.1 Å². The van der Waals surface area contributed by atoms with Gasteiger partial charge < -0.3 is 10.6 Å². The van der Waals surface area contributed by atoms with Gasteiger partial charge in [-0.2, -0.15) is 0 Å². The number of carbonyl (C=O) groups is 1. The van der Waals surface area contributed by atoms with Crippen LogP contribution in [-0.4, -0.2) is 25.0 Å². The van der Waals surface area contributed by atoms with Crippen molar-refractivity contribution in [1.82, 2.24) is 10.6 Å². The molecule has 0 aromatic carbocycles. The van der Waals surface area contributed by atoms with Gasteiger partial charge in [0.05, 0.1) is 6.54 Å². The van der Waals surface area contributed by atoms with Crippen LogP contribution in [-0.2, 0) is 4.79 Å². The maximum Gasteiger partial charge on any atom is 0.234 e. The van der Waals surface area contributed by atoms with E-state index in [4.69, 9.17) is 0 Å². The Morgan fingerprint density at radius 2 is 1.69 bits per heavy atom. The van der Waals surface area contributed by atoms with E-state index in [1.54, 1.807) is 0 Å². The highest BCUT2D eigenvalue weighted by atomic mass is 16.1. The highest BCUT2D eigenvalue weighted by Gasteiger charge is 2.21. The van der Waals surface area contributed by atoms with Crippen molar-refractivity contribution in [3.8, 4) is 0 Å². The van der Waals surface area contributed by atoms with E-state index in [0.717, 1.165) is 12.5 Å². The average molecular weight is 224 g/mol. The maximum absolute atomic E-state index is 11.7. The second-order valence-corrected chi connectivity index (χ2v) is 5.33. The van der Waals surface area contributed by atoms with E-state index in [9.17, 15) is 4.79 Å². The molecule has 2 saturated carbocycles. The summed E-state index contributed by atoms with van der Waals surface area (Å²) in [6.45, 7) is 1.53. The smallest absolute Gasteiger partial charge is 0.234 e. The lowest BCUT2D eigenvalue weighted by molar-refractivity contribution is -0.121. The maximum atomic E-state index is 11.7. The Bertz CT molecular complexity index is 218. The molecule has 3 heteroatoms. The van der Waals surface area contributed by atoms with E-state index in [1.807, 2.05) is 0 Å². The molecule has 0 saturated heterocycles. The zero-order valence-electron chi connectivity index (χ0n) is 10.1. The Kier molecular flexibility index (Phi) is 4.64. The van der Waals surface area contributed by atoms with Gasteiger partial charge in [0, 0.05) is 6.04 Å². The van der Waals surface area contributed by atoms with Crippen LogP contribution in [0.5, 0.6) is 0 Å². The summed E-state index contributed by atoms with van der Waals surface area (Å²) in [4.78, 5) is 11.7. The quantitative estimate of drug-likeness (QED) is 0.699. The highest BCUT2D eigenvalue weighted by Crippen LogP contribution is 2.27. The number of carbonyl (C=O) groups excluding carboxylic acids is 1. The molecule has 2 aliphatic rings. The van der Waals surface area contributed by atoms with Gasteiger partial charge in [-0.05, 0) is 38.1 Å². The third-order valence-electron chi connectivity index (χ3n) is 3.64. The summed E-state index contributed by atoms with van der Waals surface area (Å²) in [5.74, 6) is 1.04. The van der Waals surface area contributed by atoms with Crippen LogP contribution in [0.1, 0.15) is 51.4 Å². The van der Waals surface area contributed by atoms with Crippen LogP contribution in [0.4, 0.5) is 0 Å². The molecule has 0 atom stereocenters. The first-order chi connectivity index (χ1) is 7.84. The molecule has 16 heavy (non-hydrogen) atoms. The van der Waals surface area contributed by atoms with E-state index >= 15 is 0 Å². The highest BCUT2D eigenvalue weighted by molar-refractivity contribution is 5.78. The Morgan fingerprint density at radius 3 is 2.31 bits per heavy atom. The summed E-state index contributed by atoms with van der Waals surface area (Å²) in [5.41, 5.74) is 0. The molecule has 2 fully saturated rings. The molecule has 2 N–H and O–H groups in total. The minimum absolute atomic E-state index is 0.188. The third kappa shape index (κ3) is 4.52. The van der Waals surface area contributed by atoms with Gasteiger partial charge >= 0.3 is 0 Å². The number of nitrogens with one attached hydrogen (secondary N) is 2. The number of rotatable bonds is 5. The lowest BCUT2D eigenvalue weighted by Gasteiger charge is -2.16. The fourth-order valence-corrected chi connectivity index (χ4v) is 2.41. The zero-order chi connectivity index (χ0) is 11.2. The molecule has 2 aliphatic carbocycles. The summed E-state index contributed by atoms with van der Waals surface area (Å²) in [6, 6.07) is 0.442. The molecule has 0 radical (unpaired) electrons. The van der Waals surface area contributed by atoms with Gasteiger partial charge in [0.2, 0.25) is 5.91 Å². The van der Waals surface area contributed by atoms with Gasteiger partial charge in [0.25, 0.3) is 0 Å². The van der Waals surface area contributed by atoms with Crippen LogP contribution in [0.25, 0.3) is 0 Å². The summed E-state index contributed by atoms with van der Waals surface area (Å²) >= 11 is 0. The van der Waals surface area contributed by atoms with Crippen molar-refractivity contribution in [2.45, 2.75) is 57.4 Å². The molecule has 2 rings (SSSR count). The van der Waals surface area contributed by atoms with Crippen molar-refractivity contribution >= 4 is 5.91 Å². The van der Waals surface area contributed by atoms with Gasteiger partial charge in [-0.15, -0.1) is 0 Å². The summed E-state index contributed by atoms with van der Waals surface area (Å²) in [5, 5.41) is 6.39. The summed E-state index contributed by atoms with van der Waals surface area (Å²) in [7, 11) is 0. The van der Waals surface area contributed by atoms with E-state index in [0.29, 0.717) is 12.6 Å². The van der Waals surface area contributed by atoms with E-state index < -0.39 is 0 Å². The van der Waals surface area contributed by atoms with Crippen LogP contribution >= 0.6 is 0 Å². The number of hydrogen-bond acceptors (Lipinski definition) is 2. The van der Waals surface area contributed by atoms with Crippen LogP contribution in [0.3, 0.4) is 0 Å². The molecule has 0 unspecified atom stereocenters. The standard InChI is InChI=1S/C13H24N2O/c16-13(10-14-9-11-7-8-11)15-12-5-3-1-2-4-6-12/h11-12,14H,1-10H2,(H,15,16). The summed E-state index contributed by atoms with van der Waals surface area (Å²) < 4.78 is 0. The predicted molar refractivity (Wildman–Crippen MR) is 65.2 cm³/mol. The molecule has 3 nitrogen and oxygen atoms in total. The molecular formula is C13H24N2O. The van der Waals surface area contributed by atoms with Crippen molar-refractivity contribution < 1.29 is 4.79 Å². The summed E-state index contributed by atoms with van der Waals surface area (Å²) in [6.07, 6.45) is 10.3. The molecular weight excluding hydrogens is 200 g/mol. The predicted octanol–water partition coefficient (Wildman–Crippen LogP) is 1.82. The van der Waals surface area contributed by atoms with Crippen LogP contribution in [0.2, 0.25) is 0 Å². The first-order valence-electron chi connectivity index (χ1n) is 6.84. The van der Waals surface area contributed by atoms with Crippen molar-refractivity contribution in [3.05, 3.63) is 0 Å². The second-order valence-electron chi connectivity index (χ2n) is 5.33. The molecule has 92 valence electrons. The third-order valence-corrected chi connectivity index (χ3v) is 3.64. The fraction of sp³-hybridized carbons (Fsp3) is 0.923. The van der Waals surface area contributed by atoms with Crippen molar-refractivity contribution in [3.63, 3.8) is 0 Å². The molecule has 0 heterocycles. The first-order valence-corrected chi connectivity index (χ1v) is 6.84. The van der Waals surface area contributed by atoms with Gasteiger partial charge in [-0.3, -0.25) is 4.79 Å². The number of hydrogen-bond donors (Lipinski definition) is 2. The minimum Gasteiger partial charge on any atom is -0.352 e. The molecule has 0 aromatic heterocycles.